The van der Waals surface area contributed by atoms with Gasteiger partial charge in [-0.15, -0.1) is 0 Å². The van der Waals surface area contributed by atoms with Gasteiger partial charge in [-0.1, -0.05) is 24.8 Å². The topological polar surface area (TPSA) is 78.9 Å². The minimum atomic E-state index is -0.926. The number of nitrogens with zero attached hydrogens (tertiary/aromatic N) is 1. The van der Waals surface area contributed by atoms with E-state index in [0.717, 1.165) is 11.3 Å². The maximum Gasteiger partial charge on any atom is 0.317 e. The van der Waals surface area contributed by atoms with Crippen LogP contribution in [0.25, 0.3) is 0 Å². The number of urea groups is 1. The van der Waals surface area contributed by atoms with E-state index in [9.17, 15) is 9.59 Å². The number of carboxylic acids is 1. The summed E-state index contributed by atoms with van der Waals surface area (Å²) in [6, 6.07) is 7.05. The molecule has 0 saturated heterocycles. The Hall–Kier alpha value is -2.50. The van der Waals surface area contributed by atoms with Crippen LogP contribution in [0.5, 0.6) is 5.75 Å². The number of benzene rings is 1. The van der Waals surface area contributed by atoms with Crippen molar-refractivity contribution in [3.63, 3.8) is 0 Å². The lowest BCUT2D eigenvalue weighted by Gasteiger charge is -2.17. The number of hydrogen-bond acceptors (Lipinski definition) is 3. The molecule has 0 aromatic heterocycles. The third kappa shape index (κ3) is 6.47. The molecule has 0 aliphatic rings. The highest BCUT2D eigenvalue weighted by atomic mass is 16.5. The fourth-order valence-electron chi connectivity index (χ4n) is 1.54. The zero-order valence-corrected chi connectivity index (χ0v) is 12.0. The molecule has 0 aliphatic heterocycles. The van der Waals surface area contributed by atoms with Crippen LogP contribution in [-0.2, 0) is 11.3 Å². The molecule has 114 valence electrons. The molecule has 0 saturated carbocycles. The summed E-state index contributed by atoms with van der Waals surface area (Å²) < 4.78 is 5.36. The predicted molar refractivity (Wildman–Crippen MR) is 79.3 cm³/mol. The number of nitrogens with one attached hydrogen (secondary N) is 1. The van der Waals surface area contributed by atoms with Crippen LogP contribution in [0.1, 0.15) is 12.0 Å². The van der Waals surface area contributed by atoms with Crippen LogP contribution in [0.2, 0.25) is 0 Å². The van der Waals surface area contributed by atoms with Crippen LogP contribution in [0.4, 0.5) is 4.79 Å². The van der Waals surface area contributed by atoms with Crippen LogP contribution in [0.3, 0.4) is 0 Å². The number of amides is 2. The summed E-state index contributed by atoms with van der Waals surface area (Å²) in [5, 5.41) is 11.3. The first-order valence-corrected chi connectivity index (χ1v) is 6.56. The van der Waals surface area contributed by atoms with Gasteiger partial charge in [0, 0.05) is 20.1 Å². The van der Waals surface area contributed by atoms with Crippen LogP contribution in [0.15, 0.2) is 36.9 Å². The maximum absolute atomic E-state index is 11.7. The second-order valence-electron chi connectivity index (χ2n) is 4.47. The van der Waals surface area contributed by atoms with Gasteiger partial charge in [0.2, 0.25) is 0 Å². The van der Waals surface area contributed by atoms with Crippen LogP contribution in [0, 0.1) is 0 Å². The van der Waals surface area contributed by atoms with E-state index in [1.807, 2.05) is 24.3 Å². The summed E-state index contributed by atoms with van der Waals surface area (Å²) in [6.45, 7) is 4.57. The van der Waals surface area contributed by atoms with E-state index in [-0.39, 0.29) is 19.0 Å². The van der Waals surface area contributed by atoms with Gasteiger partial charge >= 0.3 is 12.0 Å². The van der Waals surface area contributed by atoms with Crippen molar-refractivity contribution in [2.45, 2.75) is 13.0 Å². The molecule has 0 fully saturated rings. The summed E-state index contributed by atoms with van der Waals surface area (Å²) in [4.78, 5) is 23.5. The van der Waals surface area contributed by atoms with Crippen molar-refractivity contribution >= 4 is 12.0 Å². The highest BCUT2D eigenvalue weighted by Crippen LogP contribution is 2.12. The average Bonchev–Trinajstić information content (AvgIpc) is 2.49. The second-order valence-corrected chi connectivity index (χ2v) is 4.47. The van der Waals surface area contributed by atoms with Gasteiger partial charge in [-0.05, 0) is 17.7 Å². The minimum Gasteiger partial charge on any atom is -0.490 e. The van der Waals surface area contributed by atoms with Crippen molar-refractivity contribution in [1.29, 1.82) is 0 Å². The molecular weight excluding hydrogens is 272 g/mol. The van der Waals surface area contributed by atoms with E-state index in [1.165, 1.54) is 4.90 Å². The highest BCUT2D eigenvalue weighted by Gasteiger charge is 2.09. The van der Waals surface area contributed by atoms with Crippen LogP contribution >= 0.6 is 0 Å². The molecule has 6 heteroatoms. The average molecular weight is 292 g/mol. The van der Waals surface area contributed by atoms with Crippen molar-refractivity contribution < 1.29 is 19.4 Å². The molecular formula is C15H20N2O4. The van der Waals surface area contributed by atoms with Gasteiger partial charge < -0.3 is 20.1 Å². The molecule has 2 amide bonds. The Balaban J connectivity index is 2.38. The molecule has 1 aromatic carbocycles. The molecule has 0 unspecified atom stereocenters. The Labute approximate surface area is 124 Å². The first-order valence-electron chi connectivity index (χ1n) is 6.56. The largest absolute Gasteiger partial charge is 0.490 e. The quantitative estimate of drug-likeness (QED) is 0.717. The lowest BCUT2D eigenvalue weighted by molar-refractivity contribution is -0.137. The van der Waals surface area contributed by atoms with Gasteiger partial charge in [0.15, 0.2) is 0 Å². The van der Waals surface area contributed by atoms with E-state index >= 15 is 0 Å². The molecule has 1 aromatic rings. The highest BCUT2D eigenvalue weighted by molar-refractivity contribution is 5.75. The number of hydrogen-bond donors (Lipinski definition) is 2. The van der Waals surface area contributed by atoms with E-state index < -0.39 is 5.97 Å². The fourth-order valence-corrected chi connectivity index (χ4v) is 1.54. The van der Waals surface area contributed by atoms with E-state index in [0.29, 0.717) is 13.2 Å². The SMILES string of the molecule is C=CCOc1ccc(CNC(=O)N(C)CCC(=O)O)cc1. The molecule has 0 bridgehead atoms. The molecule has 21 heavy (non-hydrogen) atoms. The summed E-state index contributed by atoms with van der Waals surface area (Å²) in [6.07, 6.45) is 1.60. The number of carboxylic acid groups (broad SMARTS) is 1. The first kappa shape index (κ1) is 16.6. The molecule has 0 heterocycles. The van der Waals surface area contributed by atoms with Gasteiger partial charge in [-0.3, -0.25) is 4.79 Å². The van der Waals surface area contributed by atoms with E-state index in [1.54, 1.807) is 13.1 Å². The Morgan fingerprint density at radius 3 is 2.62 bits per heavy atom. The van der Waals surface area contributed by atoms with Crippen molar-refractivity contribution in [2.24, 2.45) is 0 Å². The zero-order valence-electron chi connectivity index (χ0n) is 12.0. The second kappa shape index (κ2) is 8.63. The number of aliphatic carboxylic acids is 1. The fraction of sp³-hybridized carbons (Fsp3) is 0.333. The Bertz CT molecular complexity index is 485. The lowest BCUT2D eigenvalue weighted by Crippen LogP contribution is -2.37. The Morgan fingerprint density at radius 2 is 2.05 bits per heavy atom. The van der Waals surface area contributed by atoms with Crippen molar-refractivity contribution in [1.82, 2.24) is 10.2 Å². The smallest absolute Gasteiger partial charge is 0.317 e. The lowest BCUT2D eigenvalue weighted by atomic mass is 10.2. The van der Waals surface area contributed by atoms with Crippen molar-refractivity contribution in [3.05, 3.63) is 42.5 Å². The maximum atomic E-state index is 11.7. The van der Waals surface area contributed by atoms with Crippen LogP contribution in [-0.4, -0.2) is 42.2 Å². The van der Waals surface area contributed by atoms with E-state index in [4.69, 9.17) is 9.84 Å². The van der Waals surface area contributed by atoms with E-state index in [2.05, 4.69) is 11.9 Å². The molecule has 1 rings (SSSR count). The minimum absolute atomic E-state index is 0.0702. The normalized spacial score (nSPS) is 9.76. The molecule has 0 radical (unpaired) electrons. The standard InChI is InChI=1S/C15H20N2O4/c1-3-10-21-13-6-4-12(5-7-13)11-16-15(20)17(2)9-8-14(18)19/h3-7H,1,8-11H2,2H3,(H,16,20)(H,18,19). The monoisotopic (exact) mass is 292 g/mol. The van der Waals surface area contributed by atoms with Crippen molar-refractivity contribution in [2.75, 3.05) is 20.2 Å². The summed E-state index contributed by atoms with van der Waals surface area (Å²) in [7, 11) is 1.56. The molecule has 0 atom stereocenters. The predicted octanol–water partition coefficient (Wildman–Crippen LogP) is 1.87. The molecule has 6 nitrogen and oxygen atoms in total. The van der Waals surface area contributed by atoms with Crippen LogP contribution < -0.4 is 10.1 Å². The summed E-state index contributed by atoms with van der Waals surface area (Å²) in [5.74, 6) is -0.187. The van der Waals surface area contributed by atoms with Crippen molar-refractivity contribution in [3.8, 4) is 5.75 Å². The van der Waals surface area contributed by atoms with Gasteiger partial charge in [-0.25, -0.2) is 4.79 Å². The number of rotatable bonds is 8. The summed E-state index contributed by atoms with van der Waals surface area (Å²) >= 11 is 0. The Kier molecular flexibility index (Phi) is 6.80. The number of ether oxygens (including phenoxy) is 1. The number of carbonyl (C=O) groups is 2. The molecule has 0 aliphatic carbocycles. The zero-order chi connectivity index (χ0) is 15.7. The molecule has 0 spiro atoms. The van der Waals surface area contributed by atoms with Gasteiger partial charge in [0.1, 0.15) is 12.4 Å². The summed E-state index contributed by atoms with van der Waals surface area (Å²) in [5.41, 5.74) is 0.931. The van der Waals surface area contributed by atoms with Gasteiger partial charge in [-0.2, -0.15) is 0 Å². The van der Waals surface area contributed by atoms with Gasteiger partial charge in [0.25, 0.3) is 0 Å². The molecule has 2 N–H and O–H groups in total. The Morgan fingerprint density at radius 1 is 1.38 bits per heavy atom. The third-order valence-corrected chi connectivity index (χ3v) is 2.74. The number of carbonyl (C=O) groups excluding carboxylic acids is 1. The third-order valence-electron chi connectivity index (χ3n) is 2.74. The van der Waals surface area contributed by atoms with Gasteiger partial charge in [0.05, 0.1) is 6.42 Å². The first-order chi connectivity index (χ1) is 10.0.